The first-order valence-corrected chi connectivity index (χ1v) is 3.79. The highest BCUT2D eigenvalue weighted by molar-refractivity contribution is 7.97. The topological polar surface area (TPSA) is 26.0 Å². The maximum Gasteiger partial charge on any atom is 0.139 e. The van der Waals surface area contributed by atoms with Gasteiger partial charge in [0.1, 0.15) is 5.82 Å². The van der Waals surface area contributed by atoms with Crippen molar-refractivity contribution in [1.82, 2.24) is 0 Å². The van der Waals surface area contributed by atoms with Gasteiger partial charge in [0.25, 0.3) is 0 Å². The molecule has 11 heavy (non-hydrogen) atoms. The van der Waals surface area contributed by atoms with Crippen molar-refractivity contribution >= 4 is 11.9 Å². The number of hydrogen-bond donors (Lipinski definition) is 1. The molecule has 0 saturated carbocycles. The van der Waals surface area contributed by atoms with E-state index in [9.17, 15) is 4.39 Å². The van der Waals surface area contributed by atoms with E-state index in [0.29, 0.717) is 4.90 Å². The molecule has 0 aliphatic carbocycles. The van der Waals surface area contributed by atoms with E-state index in [4.69, 9.17) is 11.6 Å². The van der Waals surface area contributed by atoms with E-state index in [1.807, 2.05) is 0 Å². The first kappa shape index (κ1) is 8.12. The Hall–Kier alpha value is -0.980. The third-order valence-electron chi connectivity index (χ3n) is 1.23. The summed E-state index contributed by atoms with van der Waals surface area (Å²) in [5.74, 6) is 1.82. The van der Waals surface area contributed by atoms with E-state index < -0.39 is 5.82 Å². The van der Waals surface area contributed by atoms with Crippen molar-refractivity contribution in [3.05, 3.63) is 29.6 Å². The van der Waals surface area contributed by atoms with E-state index in [2.05, 4.69) is 5.92 Å². The van der Waals surface area contributed by atoms with Crippen LogP contribution in [0.4, 0.5) is 4.39 Å². The fraction of sp³-hybridized carbons (Fsp3) is 0. The SMILES string of the molecule is C#Cc1ccc(SN)cc1F. The summed E-state index contributed by atoms with van der Waals surface area (Å²) in [6.07, 6.45) is 5.01. The van der Waals surface area contributed by atoms with E-state index >= 15 is 0 Å². The lowest BCUT2D eigenvalue weighted by Gasteiger charge is -1.96. The van der Waals surface area contributed by atoms with Gasteiger partial charge in [0.2, 0.25) is 0 Å². The summed E-state index contributed by atoms with van der Waals surface area (Å²) in [6, 6.07) is 4.54. The van der Waals surface area contributed by atoms with E-state index in [0.717, 1.165) is 11.9 Å². The van der Waals surface area contributed by atoms with Crippen LogP contribution >= 0.6 is 11.9 Å². The van der Waals surface area contributed by atoms with Crippen molar-refractivity contribution in [3.63, 3.8) is 0 Å². The van der Waals surface area contributed by atoms with Gasteiger partial charge in [0.15, 0.2) is 0 Å². The first-order chi connectivity index (χ1) is 5.27. The Labute approximate surface area is 68.9 Å². The van der Waals surface area contributed by atoms with Crippen LogP contribution in [0.3, 0.4) is 0 Å². The quantitative estimate of drug-likeness (QED) is 0.509. The minimum atomic E-state index is -0.400. The molecule has 2 N–H and O–H groups in total. The lowest BCUT2D eigenvalue weighted by molar-refractivity contribution is 0.621. The van der Waals surface area contributed by atoms with E-state index in [1.165, 1.54) is 12.1 Å². The molecule has 0 fully saturated rings. The van der Waals surface area contributed by atoms with Gasteiger partial charge in [-0.1, -0.05) is 5.92 Å². The molecule has 0 radical (unpaired) electrons. The Morgan fingerprint density at radius 1 is 1.55 bits per heavy atom. The molecule has 0 aliphatic heterocycles. The molecule has 0 atom stereocenters. The summed E-state index contributed by atoms with van der Waals surface area (Å²) in [5, 5.41) is 5.21. The standard InChI is InChI=1S/C8H6FNS/c1-2-6-3-4-7(11-10)5-8(6)9/h1,3-5H,10H2. The molecule has 0 heterocycles. The van der Waals surface area contributed by atoms with Crippen LogP contribution in [0, 0.1) is 18.2 Å². The Kier molecular flexibility index (Phi) is 2.53. The molecule has 0 aliphatic rings. The van der Waals surface area contributed by atoms with Gasteiger partial charge in [-0.25, -0.2) is 4.39 Å². The van der Waals surface area contributed by atoms with Crippen LogP contribution in [0.15, 0.2) is 23.1 Å². The second-order valence-electron chi connectivity index (χ2n) is 1.90. The molecule has 1 aromatic carbocycles. The van der Waals surface area contributed by atoms with Gasteiger partial charge >= 0.3 is 0 Å². The Balaban J connectivity index is 3.12. The lowest BCUT2D eigenvalue weighted by atomic mass is 10.2. The highest BCUT2D eigenvalue weighted by atomic mass is 32.2. The van der Waals surface area contributed by atoms with Crippen molar-refractivity contribution < 1.29 is 4.39 Å². The molecule has 0 aromatic heterocycles. The highest BCUT2D eigenvalue weighted by Gasteiger charge is 1.99. The molecule has 0 spiro atoms. The van der Waals surface area contributed by atoms with Crippen LogP contribution in [-0.4, -0.2) is 0 Å². The molecular formula is C8H6FNS. The van der Waals surface area contributed by atoms with Gasteiger partial charge in [-0.15, -0.1) is 6.42 Å². The lowest BCUT2D eigenvalue weighted by Crippen LogP contribution is -1.85. The molecule has 0 saturated heterocycles. The summed E-state index contributed by atoms with van der Waals surface area (Å²) in [4.78, 5) is 0.668. The molecule has 0 unspecified atom stereocenters. The molecule has 1 rings (SSSR count). The maximum absolute atomic E-state index is 12.8. The minimum Gasteiger partial charge on any atom is -0.274 e. The van der Waals surface area contributed by atoms with Crippen LogP contribution in [0.1, 0.15) is 5.56 Å². The van der Waals surface area contributed by atoms with Crippen molar-refractivity contribution in [2.75, 3.05) is 0 Å². The zero-order chi connectivity index (χ0) is 8.27. The van der Waals surface area contributed by atoms with Crippen LogP contribution in [0.25, 0.3) is 0 Å². The average molecular weight is 167 g/mol. The molecule has 0 bridgehead atoms. The number of rotatable bonds is 1. The van der Waals surface area contributed by atoms with E-state index in [-0.39, 0.29) is 5.56 Å². The van der Waals surface area contributed by atoms with Crippen LogP contribution in [-0.2, 0) is 0 Å². The second kappa shape index (κ2) is 3.42. The van der Waals surface area contributed by atoms with Crippen LogP contribution < -0.4 is 5.14 Å². The third-order valence-corrected chi connectivity index (χ3v) is 1.76. The van der Waals surface area contributed by atoms with Gasteiger partial charge in [-0.2, -0.15) is 0 Å². The fourth-order valence-corrected chi connectivity index (χ4v) is 1.00. The molecule has 1 nitrogen and oxygen atoms in total. The summed E-state index contributed by atoms with van der Waals surface area (Å²) < 4.78 is 12.8. The minimum absolute atomic E-state index is 0.266. The third kappa shape index (κ3) is 1.73. The Morgan fingerprint density at radius 3 is 2.73 bits per heavy atom. The number of nitrogens with two attached hydrogens (primary N) is 1. The predicted octanol–water partition coefficient (Wildman–Crippen LogP) is 1.77. The van der Waals surface area contributed by atoms with E-state index in [1.54, 1.807) is 6.07 Å². The van der Waals surface area contributed by atoms with Gasteiger partial charge in [0.05, 0.1) is 5.56 Å². The Morgan fingerprint density at radius 2 is 2.27 bits per heavy atom. The Bertz CT molecular complexity index is 303. The number of terminal acetylenes is 1. The van der Waals surface area contributed by atoms with Crippen LogP contribution in [0.2, 0.25) is 0 Å². The van der Waals surface area contributed by atoms with Gasteiger partial charge in [0, 0.05) is 4.90 Å². The largest absolute Gasteiger partial charge is 0.274 e. The summed E-state index contributed by atoms with van der Waals surface area (Å²) in [7, 11) is 0. The van der Waals surface area contributed by atoms with Crippen LogP contribution in [0.5, 0.6) is 0 Å². The van der Waals surface area contributed by atoms with Crippen molar-refractivity contribution in [2.45, 2.75) is 4.90 Å². The second-order valence-corrected chi connectivity index (χ2v) is 2.61. The van der Waals surface area contributed by atoms with Gasteiger partial charge < -0.3 is 0 Å². The monoisotopic (exact) mass is 167 g/mol. The van der Waals surface area contributed by atoms with Gasteiger partial charge in [-0.3, -0.25) is 5.14 Å². The molecule has 3 heteroatoms. The first-order valence-electron chi connectivity index (χ1n) is 2.91. The molecule has 56 valence electrons. The van der Waals surface area contributed by atoms with Crippen molar-refractivity contribution in [1.29, 1.82) is 0 Å². The summed E-state index contributed by atoms with van der Waals surface area (Å²) in [6.45, 7) is 0. The highest BCUT2D eigenvalue weighted by Crippen LogP contribution is 2.15. The zero-order valence-electron chi connectivity index (χ0n) is 5.67. The average Bonchev–Trinajstić information content (AvgIpc) is 2.04. The molecule has 1 aromatic rings. The molecular weight excluding hydrogens is 161 g/mol. The smallest absolute Gasteiger partial charge is 0.139 e. The van der Waals surface area contributed by atoms with Gasteiger partial charge in [-0.05, 0) is 30.1 Å². The zero-order valence-corrected chi connectivity index (χ0v) is 6.49. The van der Waals surface area contributed by atoms with Crippen molar-refractivity contribution in [3.8, 4) is 12.3 Å². The normalized spacial score (nSPS) is 9.18. The van der Waals surface area contributed by atoms with Crippen molar-refractivity contribution in [2.24, 2.45) is 5.14 Å². The maximum atomic E-state index is 12.8. The number of hydrogen-bond acceptors (Lipinski definition) is 2. The summed E-state index contributed by atoms with van der Waals surface area (Å²) >= 11 is 0.994. The number of benzene rings is 1. The summed E-state index contributed by atoms with van der Waals surface area (Å²) in [5.41, 5.74) is 0.266. The fourth-order valence-electron chi connectivity index (χ4n) is 0.686. The molecule has 0 amide bonds. The number of halogens is 1. The predicted molar refractivity (Wildman–Crippen MR) is 44.4 cm³/mol.